The van der Waals surface area contributed by atoms with Crippen molar-refractivity contribution in [2.75, 3.05) is 20.2 Å². The van der Waals surface area contributed by atoms with Crippen molar-refractivity contribution in [3.05, 3.63) is 30.2 Å². The Labute approximate surface area is 112 Å². The first kappa shape index (κ1) is 12.2. The molecular weight excluding hydrogens is 242 g/mol. The Morgan fingerprint density at radius 3 is 2.84 bits per heavy atom. The Morgan fingerprint density at radius 1 is 1.37 bits per heavy atom. The maximum Gasteiger partial charge on any atom is 0.230 e. The zero-order valence-electron chi connectivity index (χ0n) is 11.1. The van der Waals surface area contributed by atoms with Crippen molar-refractivity contribution in [3.8, 4) is 17.1 Å². The molecule has 1 aromatic heterocycles. The quantitative estimate of drug-likeness (QED) is 0.910. The number of nitrogens with one attached hydrogen (secondary N) is 1. The summed E-state index contributed by atoms with van der Waals surface area (Å²) in [4.78, 5) is 4.51. The lowest BCUT2D eigenvalue weighted by Crippen LogP contribution is -2.44. The van der Waals surface area contributed by atoms with Crippen LogP contribution in [0, 0.1) is 5.92 Å². The fourth-order valence-corrected chi connectivity index (χ4v) is 2.23. The highest BCUT2D eigenvalue weighted by Crippen LogP contribution is 2.30. The molecule has 100 valence electrons. The lowest BCUT2D eigenvalue weighted by Gasteiger charge is -2.30. The van der Waals surface area contributed by atoms with Gasteiger partial charge in [-0.15, -0.1) is 0 Å². The van der Waals surface area contributed by atoms with E-state index in [1.807, 2.05) is 24.3 Å². The highest BCUT2D eigenvalue weighted by Gasteiger charge is 2.29. The maximum atomic E-state index is 5.39. The van der Waals surface area contributed by atoms with Crippen molar-refractivity contribution in [1.29, 1.82) is 0 Å². The highest BCUT2D eigenvalue weighted by atomic mass is 16.5. The van der Waals surface area contributed by atoms with Crippen LogP contribution >= 0.6 is 0 Å². The van der Waals surface area contributed by atoms with Crippen molar-refractivity contribution >= 4 is 0 Å². The van der Waals surface area contributed by atoms with Crippen molar-refractivity contribution in [1.82, 2.24) is 15.5 Å². The first-order valence-electron chi connectivity index (χ1n) is 6.47. The summed E-state index contributed by atoms with van der Waals surface area (Å²) in [5.74, 6) is 2.93. The van der Waals surface area contributed by atoms with Gasteiger partial charge in [-0.25, -0.2) is 0 Å². The van der Waals surface area contributed by atoms with Gasteiger partial charge < -0.3 is 14.6 Å². The van der Waals surface area contributed by atoms with Crippen LogP contribution in [-0.4, -0.2) is 30.3 Å². The number of aromatic nitrogens is 2. The summed E-state index contributed by atoms with van der Waals surface area (Å²) >= 11 is 0. The monoisotopic (exact) mass is 259 g/mol. The van der Waals surface area contributed by atoms with Crippen molar-refractivity contribution in [3.63, 3.8) is 0 Å². The molecule has 19 heavy (non-hydrogen) atoms. The Kier molecular flexibility index (Phi) is 3.21. The van der Waals surface area contributed by atoms with Gasteiger partial charge in [0, 0.05) is 5.92 Å². The third-order valence-electron chi connectivity index (χ3n) is 3.70. The van der Waals surface area contributed by atoms with Gasteiger partial charge in [0.25, 0.3) is 0 Å². The molecule has 5 nitrogen and oxygen atoms in total. The number of hydrogen-bond donors (Lipinski definition) is 1. The molecule has 2 aromatic rings. The minimum atomic E-state index is 0.289. The molecule has 1 saturated heterocycles. The number of para-hydroxylation sites is 1. The maximum absolute atomic E-state index is 5.39. The van der Waals surface area contributed by atoms with Crippen LogP contribution in [0.15, 0.2) is 28.8 Å². The summed E-state index contributed by atoms with van der Waals surface area (Å²) in [7, 11) is 1.64. The molecule has 0 aliphatic carbocycles. The summed E-state index contributed by atoms with van der Waals surface area (Å²) in [5.41, 5.74) is 0.860. The largest absolute Gasteiger partial charge is 0.496 e. The van der Waals surface area contributed by atoms with Crippen LogP contribution in [0.3, 0.4) is 0 Å². The smallest absolute Gasteiger partial charge is 0.230 e. The number of benzene rings is 1. The molecule has 1 unspecified atom stereocenters. The van der Waals surface area contributed by atoms with Gasteiger partial charge in [-0.3, -0.25) is 0 Å². The van der Waals surface area contributed by atoms with Crippen molar-refractivity contribution in [2.45, 2.75) is 12.8 Å². The molecule has 1 aliphatic rings. The minimum absolute atomic E-state index is 0.289. The summed E-state index contributed by atoms with van der Waals surface area (Å²) < 4.78 is 10.7. The minimum Gasteiger partial charge on any atom is -0.496 e. The van der Waals surface area contributed by atoms with Gasteiger partial charge in [0.15, 0.2) is 0 Å². The number of nitrogens with zero attached hydrogens (tertiary/aromatic N) is 2. The van der Waals surface area contributed by atoms with E-state index in [4.69, 9.17) is 9.26 Å². The predicted molar refractivity (Wildman–Crippen MR) is 71.1 cm³/mol. The second kappa shape index (κ2) is 5.01. The molecule has 1 atom stereocenters. The molecule has 0 bridgehead atoms. The molecule has 0 saturated carbocycles. The molecular formula is C14H17N3O2. The van der Waals surface area contributed by atoms with Gasteiger partial charge in [-0.05, 0) is 31.1 Å². The molecule has 5 heteroatoms. The molecule has 0 radical (unpaired) electrons. The average molecular weight is 259 g/mol. The van der Waals surface area contributed by atoms with Crippen molar-refractivity contribution in [2.24, 2.45) is 5.92 Å². The van der Waals surface area contributed by atoms with Crippen LogP contribution in [0.5, 0.6) is 5.75 Å². The summed E-state index contributed by atoms with van der Waals surface area (Å²) in [6.45, 7) is 4.17. The zero-order valence-corrected chi connectivity index (χ0v) is 11.1. The van der Waals surface area contributed by atoms with E-state index in [9.17, 15) is 0 Å². The van der Waals surface area contributed by atoms with Gasteiger partial charge in [0.2, 0.25) is 11.7 Å². The molecule has 1 fully saturated rings. The molecule has 1 aliphatic heterocycles. The zero-order chi connectivity index (χ0) is 13.2. The first-order valence-corrected chi connectivity index (χ1v) is 6.47. The van der Waals surface area contributed by atoms with Gasteiger partial charge in [0.1, 0.15) is 5.75 Å². The van der Waals surface area contributed by atoms with Crippen molar-refractivity contribution < 1.29 is 9.26 Å². The number of hydrogen-bond acceptors (Lipinski definition) is 5. The van der Waals surface area contributed by atoms with Crippen LogP contribution < -0.4 is 10.1 Å². The topological polar surface area (TPSA) is 60.2 Å². The van der Waals surface area contributed by atoms with E-state index in [1.165, 1.54) is 0 Å². The average Bonchev–Trinajstić information content (AvgIpc) is 2.86. The van der Waals surface area contributed by atoms with E-state index in [-0.39, 0.29) is 5.92 Å². The fraction of sp³-hybridized carbons (Fsp3) is 0.429. The van der Waals surface area contributed by atoms with E-state index in [0.717, 1.165) is 24.4 Å². The standard InChI is InChI=1S/C14H17N3O2/c1-9(10-7-15-8-10)14-16-13(17-19-14)11-5-3-4-6-12(11)18-2/h3-6,9-10,15H,7-8H2,1-2H3. The molecule has 1 N–H and O–H groups in total. The molecule has 3 rings (SSSR count). The van der Waals surface area contributed by atoms with E-state index in [1.54, 1.807) is 7.11 Å². The highest BCUT2D eigenvalue weighted by molar-refractivity contribution is 5.63. The number of ether oxygens (including phenoxy) is 1. The molecule has 2 heterocycles. The second-order valence-corrected chi connectivity index (χ2v) is 4.86. The predicted octanol–water partition coefficient (Wildman–Crippen LogP) is 2.07. The first-order chi connectivity index (χ1) is 9.29. The Bertz CT molecular complexity index is 563. The number of rotatable bonds is 4. The summed E-state index contributed by atoms with van der Waals surface area (Å²) in [6.07, 6.45) is 0. The van der Waals surface area contributed by atoms with Crippen LogP contribution in [0.25, 0.3) is 11.4 Å². The van der Waals surface area contributed by atoms with E-state index in [0.29, 0.717) is 17.6 Å². The summed E-state index contributed by atoms with van der Waals surface area (Å²) in [6, 6.07) is 7.69. The summed E-state index contributed by atoms with van der Waals surface area (Å²) in [5, 5.41) is 7.33. The molecule has 0 spiro atoms. The van der Waals surface area contributed by atoms with E-state index in [2.05, 4.69) is 22.4 Å². The van der Waals surface area contributed by atoms with Crippen LogP contribution in [0.2, 0.25) is 0 Å². The van der Waals surface area contributed by atoms with E-state index < -0.39 is 0 Å². The van der Waals surface area contributed by atoms with Gasteiger partial charge in [0.05, 0.1) is 12.7 Å². The van der Waals surface area contributed by atoms with Gasteiger partial charge >= 0.3 is 0 Å². The van der Waals surface area contributed by atoms with Crippen LogP contribution in [0.4, 0.5) is 0 Å². The fourth-order valence-electron chi connectivity index (χ4n) is 2.23. The van der Waals surface area contributed by atoms with Crippen LogP contribution in [0.1, 0.15) is 18.7 Å². The molecule has 0 amide bonds. The number of methoxy groups -OCH3 is 1. The normalized spacial score (nSPS) is 16.9. The van der Waals surface area contributed by atoms with Crippen LogP contribution in [-0.2, 0) is 0 Å². The Balaban J connectivity index is 1.88. The SMILES string of the molecule is COc1ccccc1-c1noc(C(C)C2CNC2)n1. The third kappa shape index (κ3) is 2.21. The lowest BCUT2D eigenvalue weighted by atomic mass is 9.89. The van der Waals surface area contributed by atoms with Gasteiger partial charge in [-0.2, -0.15) is 4.98 Å². The molecule has 1 aromatic carbocycles. The Hall–Kier alpha value is -1.88. The van der Waals surface area contributed by atoms with E-state index >= 15 is 0 Å². The Morgan fingerprint density at radius 2 is 2.16 bits per heavy atom. The van der Waals surface area contributed by atoms with Gasteiger partial charge in [-0.1, -0.05) is 24.2 Å². The lowest BCUT2D eigenvalue weighted by molar-refractivity contribution is 0.252. The third-order valence-corrected chi connectivity index (χ3v) is 3.70. The second-order valence-electron chi connectivity index (χ2n) is 4.86.